The van der Waals surface area contributed by atoms with E-state index in [9.17, 15) is 14.4 Å². The molecule has 0 aliphatic heterocycles. The molecule has 0 spiro atoms. The van der Waals surface area contributed by atoms with E-state index < -0.39 is 11.9 Å². The minimum atomic E-state index is -0.530. The van der Waals surface area contributed by atoms with E-state index in [2.05, 4.69) is 15.6 Å². The van der Waals surface area contributed by atoms with Crippen molar-refractivity contribution in [3.63, 3.8) is 0 Å². The summed E-state index contributed by atoms with van der Waals surface area (Å²) >= 11 is 1.37. The van der Waals surface area contributed by atoms with Gasteiger partial charge in [-0.05, 0) is 38.1 Å². The molecule has 1 aromatic carbocycles. The molecule has 0 unspecified atom stereocenters. The van der Waals surface area contributed by atoms with Crippen LogP contribution < -0.4 is 10.9 Å². The van der Waals surface area contributed by atoms with Crippen LogP contribution >= 0.6 is 11.8 Å². The van der Waals surface area contributed by atoms with Crippen molar-refractivity contribution in [1.29, 1.82) is 0 Å². The first-order chi connectivity index (χ1) is 12.9. The summed E-state index contributed by atoms with van der Waals surface area (Å²) in [7, 11) is 1.28. The minimum absolute atomic E-state index is 0.174. The average molecular weight is 388 g/mol. The number of carbonyl (C=O) groups is 3. The molecule has 0 radical (unpaired) electrons. The van der Waals surface area contributed by atoms with Gasteiger partial charge in [0, 0.05) is 11.0 Å². The largest absolute Gasteiger partial charge is 0.465 e. The topological polar surface area (TPSA) is 97.6 Å². The molecular formula is C19H20N2O5S. The second-order valence-electron chi connectivity index (χ2n) is 5.58. The van der Waals surface area contributed by atoms with Crippen LogP contribution in [0.25, 0.3) is 6.08 Å². The number of esters is 1. The van der Waals surface area contributed by atoms with Crippen LogP contribution in [0.15, 0.2) is 45.7 Å². The predicted octanol–water partition coefficient (Wildman–Crippen LogP) is 2.64. The first kappa shape index (κ1) is 20.3. The molecule has 2 amide bonds. The molecular weight excluding hydrogens is 368 g/mol. The number of hydrogen-bond donors (Lipinski definition) is 2. The van der Waals surface area contributed by atoms with Crippen molar-refractivity contribution in [2.75, 3.05) is 12.9 Å². The molecule has 142 valence electrons. The SMILES string of the molecule is COC(=O)c1cc(/C=C/C(=O)NNC(=O)CSc2ccc(C)cc2)oc1C. The Kier molecular flexibility index (Phi) is 7.25. The Balaban J connectivity index is 1.78. The van der Waals surface area contributed by atoms with Gasteiger partial charge in [0.05, 0.1) is 12.9 Å². The van der Waals surface area contributed by atoms with Crippen molar-refractivity contribution in [1.82, 2.24) is 10.9 Å². The van der Waals surface area contributed by atoms with Crippen LogP contribution in [0.5, 0.6) is 0 Å². The van der Waals surface area contributed by atoms with Crippen LogP contribution in [-0.4, -0.2) is 30.6 Å². The Morgan fingerprint density at radius 1 is 1.15 bits per heavy atom. The normalized spacial score (nSPS) is 10.6. The smallest absolute Gasteiger partial charge is 0.341 e. The van der Waals surface area contributed by atoms with Gasteiger partial charge >= 0.3 is 5.97 Å². The highest BCUT2D eigenvalue weighted by Crippen LogP contribution is 2.18. The fourth-order valence-corrected chi connectivity index (χ4v) is 2.75. The molecule has 2 rings (SSSR count). The van der Waals surface area contributed by atoms with Gasteiger partial charge < -0.3 is 9.15 Å². The number of hydrogen-bond acceptors (Lipinski definition) is 6. The monoisotopic (exact) mass is 388 g/mol. The van der Waals surface area contributed by atoms with E-state index in [1.807, 2.05) is 31.2 Å². The van der Waals surface area contributed by atoms with Crippen molar-refractivity contribution in [2.24, 2.45) is 0 Å². The number of amides is 2. The summed E-state index contributed by atoms with van der Waals surface area (Å²) in [6.45, 7) is 3.61. The van der Waals surface area contributed by atoms with E-state index >= 15 is 0 Å². The molecule has 0 saturated heterocycles. The number of hydrazine groups is 1. The van der Waals surface area contributed by atoms with Crippen molar-refractivity contribution < 1.29 is 23.5 Å². The maximum atomic E-state index is 11.8. The van der Waals surface area contributed by atoms with Crippen molar-refractivity contribution in [3.8, 4) is 0 Å². The number of methoxy groups -OCH3 is 1. The minimum Gasteiger partial charge on any atom is -0.465 e. The number of nitrogens with one attached hydrogen (secondary N) is 2. The van der Waals surface area contributed by atoms with Crippen LogP contribution in [0, 0.1) is 13.8 Å². The van der Waals surface area contributed by atoms with E-state index in [0.29, 0.717) is 17.1 Å². The molecule has 2 aromatic rings. The Morgan fingerprint density at radius 3 is 2.52 bits per heavy atom. The van der Waals surface area contributed by atoms with Gasteiger partial charge in [-0.15, -0.1) is 11.8 Å². The van der Waals surface area contributed by atoms with Gasteiger partial charge in [0.2, 0.25) is 5.91 Å². The zero-order chi connectivity index (χ0) is 19.8. The molecule has 0 aliphatic carbocycles. The van der Waals surface area contributed by atoms with Gasteiger partial charge in [-0.2, -0.15) is 0 Å². The third-order valence-corrected chi connectivity index (χ3v) is 4.47. The molecule has 7 nitrogen and oxygen atoms in total. The second kappa shape index (κ2) is 9.63. The highest BCUT2D eigenvalue weighted by molar-refractivity contribution is 8.00. The lowest BCUT2D eigenvalue weighted by Crippen LogP contribution is -2.41. The third kappa shape index (κ3) is 6.34. The van der Waals surface area contributed by atoms with E-state index in [1.54, 1.807) is 6.92 Å². The summed E-state index contributed by atoms with van der Waals surface area (Å²) in [5, 5.41) is 0. The molecule has 8 heteroatoms. The van der Waals surface area contributed by atoms with Gasteiger partial charge in [0.25, 0.3) is 5.91 Å². The first-order valence-corrected chi connectivity index (χ1v) is 9.02. The summed E-state index contributed by atoms with van der Waals surface area (Å²) in [4.78, 5) is 36.0. The Hall–Kier alpha value is -3.00. The van der Waals surface area contributed by atoms with Crippen LogP contribution in [-0.2, 0) is 14.3 Å². The van der Waals surface area contributed by atoms with Crippen molar-refractivity contribution in [3.05, 3.63) is 59.1 Å². The van der Waals surface area contributed by atoms with E-state index in [0.717, 1.165) is 10.5 Å². The Labute approximate surface area is 161 Å². The fraction of sp³-hybridized carbons (Fsp3) is 0.211. The van der Waals surface area contributed by atoms with Gasteiger partial charge in [-0.1, -0.05) is 17.7 Å². The van der Waals surface area contributed by atoms with Crippen LogP contribution in [0.4, 0.5) is 0 Å². The summed E-state index contributed by atoms with van der Waals surface area (Å²) in [6.07, 6.45) is 2.58. The van der Waals surface area contributed by atoms with Crippen LogP contribution in [0.2, 0.25) is 0 Å². The summed E-state index contributed by atoms with van der Waals surface area (Å²) in [6, 6.07) is 9.27. The summed E-state index contributed by atoms with van der Waals surface area (Å²) in [5.41, 5.74) is 6.05. The molecule has 0 aliphatic rings. The van der Waals surface area contributed by atoms with E-state index in [1.165, 1.54) is 37.1 Å². The number of ether oxygens (including phenoxy) is 1. The number of aryl methyl sites for hydroxylation is 2. The van der Waals surface area contributed by atoms with E-state index in [-0.39, 0.29) is 11.7 Å². The number of thioether (sulfide) groups is 1. The number of carbonyl (C=O) groups excluding carboxylic acids is 3. The maximum absolute atomic E-state index is 11.8. The number of furan rings is 1. The lowest BCUT2D eigenvalue weighted by molar-refractivity contribution is -0.125. The molecule has 0 atom stereocenters. The molecule has 0 fully saturated rings. The van der Waals surface area contributed by atoms with Crippen molar-refractivity contribution >= 4 is 35.6 Å². The predicted molar refractivity (Wildman–Crippen MR) is 102 cm³/mol. The lowest BCUT2D eigenvalue weighted by Gasteiger charge is -2.05. The Bertz CT molecular complexity index is 855. The van der Waals surface area contributed by atoms with Crippen LogP contribution in [0.3, 0.4) is 0 Å². The highest BCUT2D eigenvalue weighted by atomic mass is 32.2. The Morgan fingerprint density at radius 2 is 1.85 bits per heavy atom. The fourth-order valence-electron chi connectivity index (χ4n) is 2.05. The summed E-state index contributed by atoms with van der Waals surface area (Å²) in [5.74, 6) is -0.486. The standard InChI is InChI=1S/C19H20N2O5S/c1-12-4-7-15(8-5-12)27-11-18(23)21-20-17(22)9-6-14-10-16(13(2)26-14)19(24)25-3/h4-10H,11H2,1-3H3,(H,20,22)(H,21,23)/b9-6+. The van der Waals surface area contributed by atoms with Gasteiger partial charge in [-0.3, -0.25) is 20.4 Å². The zero-order valence-electron chi connectivity index (χ0n) is 15.2. The molecule has 1 heterocycles. The highest BCUT2D eigenvalue weighted by Gasteiger charge is 2.14. The number of benzene rings is 1. The molecule has 1 aromatic heterocycles. The van der Waals surface area contributed by atoms with E-state index in [4.69, 9.17) is 4.42 Å². The van der Waals surface area contributed by atoms with Crippen molar-refractivity contribution in [2.45, 2.75) is 18.7 Å². The third-order valence-electron chi connectivity index (χ3n) is 3.46. The number of rotatable bonds is 6. The average Bonchev–Trinajstić information content (AvgIpc) is 3.04. The second-order valence-corrected chi connectivity index (χ2v) is 6.63. The van der Waals surface area contributed by atoms with Crippen LogP contribution in [0.1, 0.15) is 27.4 Å². The maximum Gasteiger partial charge on any atom is 0.341 e. The molecule has 2 N–H and O–H groups in total. The molecule has 0 saturated carbocycles. The summed E-state index contributed by atoms with van der Waals surface area (Å²) < 4.78 is 9.98. The lowest BCUT2D eigenvalue weighted by atomic mass is 10.2. The van der Waals surface area contributed by atoms with Gasteiger partial charge in [0.1, 0.15) is 17.1 Å². The molecule has 27 heavy (non-hydrogen) atoms. The zero-order valence-corrected chi connectivity index (χ0v) is 16.0. The quantitative estimate of drug-likeness (QED) is 0.342. The molecule has 0 bridgehead atoms. The van der Waals surface area contributed by atoms with Gasteiger partial charge in [-0.25, -0.2) is 4.79 Å². The first-order valence-electron chi connectivity index (χ1n) is 8.04. The van der Waals surface area contributed by atoms with Gasteiger partial charge in [0.15, 0.2) is 0 Å².